The SMILES string of the molecule is COc1ccc(Cc2[nH]c3ccccc3[nH+]2)cc1. The molecular weight excluding hydrogens is 224 g/mol. The van der Waals surface area contributed by atoms with Crippen LogP contribution < -0.4 is 9.72 Å². The van der Waals surface area contributed by atoms with Gasteiger partial charge in [-0.05, 0) is 29.8 Å². The first kappa shape index (κ1) is 10.8. The van der Waals surface area contributed by atoms with Crippen molar-refractivity contribution in [2.45, 2.75) is 6.42 Å². The summed E-state index contributed by atoms with van der Waals surface area (Å²) in [6.07, 6.45) is 0.860. The van der Waals surface area contributed by atoms with Gasteiger partial charge in [-0.3, -0.25) is 0 Å². The van der Waals surface area contributed by atoms with Crippen molar-refractivity contribution in [2.24, 2.45) is 0 Å². The number of hydrogen-bond acceptors (Lipinski definition) is 1. The van der Waals surface area contributed by atoms with E-state index in [-0.39, 0.29) is 0 Å². The maximum Gasteiger partial charge on any atom is 0.257 e. The molecule has 0 saturated heterocycles. The molecule has 90 valence electrons. The first-order valence-electron chi connectivity index (χ1n) is 5.97. The molecule has 3 aromatic rings. The maximum atomic E-state index is 5.15. The van der Waals surface area contributed by atoms with Crippen LogP contribution in [0.4, 0.5) is 0 Å². The first-order chi connectivity index (χ1) is 8.85. The second-order valence-electron chi connectivity index (χ2n) is 4.30. The normalized spacial score (nSPS) is 10.7. The fourth-order valence-electron chi connectivity index (χ4n) is 2.09. The predicted octanol–water partition coefficient (Wildman–Crippen LogP) is 2.58. The molecule has 0 amide bonds. The fraction of sp³-hybridized carbons (Fsp3) is 0.133. The summed E-state index contributed by atoms with van der Waals surface area (Å²) in [5, 5.41) is 0. The molecule has 3 heteroatoms. The van der Waals surface area contributed by atoms with Crippen LogP contribution in [0.25, 0.3) is 11.0 Å². The zero-order valence-corrected chi connectivity index (χ0v) is 10.2. The number of methoxy groups -OCH3 is 1. The van der Waals surface area contributed by atoms with E-state index in [9.17, 15) is 0 Å². The highest BCUT2D eigenvalue weighted by Gasteiger charge is 2.09. The summed E-state index contributed by atoms with van der Waals surface area (Å²) in [6.45, 7) is 0. The highest BCUT2D eigenvalue weighted by Crippen LogP contribution is 2.14. The summed E-state index contributed by atoms with van der Waals surface area (Å²) in [5.41, 5.74) is 3.53. The van der Waals surface area contributed by atoms with E-state index in [1.54, 1.807) is 7.11 Å². The number of H-pyrrole nitrogens is 2. The molecule has 0 aliphatic rings. The molecule has 2 aromatic carbocycles. The van der Waals surface area contributed by atoms with Crippen LogP contribution in [0.2, 0.25) is 0 Å². The van der Waals surface area contributed by atoms with Crippen LogP contribution >= 0.6 is 0 Å². The topological polar surface area (TPSA) is 39.2 Å². The molecule has 0 aliphatic heterocycles. The van der Waals surface area contributed by atoms with Crippen LogP contribution in [-0.2, 0) is 6.42 Å². The number of hydrogen-bond donors (Lipinski definition) is 1. The van der Waals surface area contributed by atoms with Gasteiger partial charge in [0.1, 0.15) is 5.75 Å². The van der Waals surface area contributed by atoms with Gasteiger partial charge in [0.25, 0.3) is 5.82 Å². The molecule has 0 atom stereocenters. The minimum absolute atomic E-state index is 0.860. The first-order valence-corrected chi connectivity index (χ1v) is 5.97. The van der Waals surface area contributed by atoms with E-state index in [4.69, 9.17) is 4.74 Å². The number of fused-ring (bicyclic) bond motifs is 1. The van der Waals surface area contributed by atoms with Crippen molar-refractivity contribution in [3.8, 4) is 5.75 Å². The number of ether oxygens (including phenoxy) is 1. The molecular formula is C15H15N2O+. The summed E-state index contributed by atoms with van der Waals surface area (Å²) in [6, 6.07) is 16.3. The van der Waals surface area contributed by atoms with E-state index in [0.717, 1.165) is 29.0 Å². The van der Waals surface area contributed by atoms with Gasteiger partial charge in [0.15, 0.2) is 11.0 Å². The second-order valence-corrected chi connectivity index (χ2v) is 4.30. The van der Waals surface area contributed by atoms with Crippen LogP contribution in [0.3, 0.4) is 0 Å². The van der Waals surface area contributed by atoms with E-state index >= 15 is 0 Å². The monoisotopic (exact) mass is 239 g/mol. The summed E-state index contributed by atoms with van der Waals surface area (Å²) in [4.78, 5) is 6.77. The summed E-state index contributed by atoms with van der Waals surface area (Å²) >= 11 is 0. The van der Waals surface area contributed by atoms with Crippen LogP contribution in [0.15, 0.2) is 48.5 Å². The van der Waals surface area contributed by atoms with Crippen molar-refractivity contribution in [3.05, 3.63) is 59.9 Å². The number of rotatable bonds is 3. The Morgan fingerprint density at radius 1 is 1.06 bits per heavy atom. The van der Waals surface area contributed by atoms with Crippen molar-refractivity contribution < 1.29 is 9.72 Å². The number of para-hydroxylation sites is 2. The number of imidazole rings is 1. The molecule has 18 heavy (non-hydrogen) atoms. The van der Waals surface area contributed by atoms with Gasteiger partial charge in [0, 0.05) is 0 Å². The van der Waals surface area contributed by atoms with E-state index < -0.39 is 0 Å². The minimum Gasteiger partial charge on any atom is -0.497 e. The Hall–Kier alpha value is -2.29. The zero-order chi connectivity index (χ0) is 12.4. The summed E-state index contributed by atoms with van der Waals surface area (Å²) in [5.74, 6) is 2.00. The smallest absolute Gasteiger partial charge is 0.257 e. The van der Waals surface area contributed by atoms with Crippen LogP contribution in [0, 0.1) is 0 Å². The third-order valence-electron chi connectivity index (χ3n) is 3.04. The summed E-state index contributed by atoms with van der Waals surface area (Å²) < 4.78 is 5.15. The number of benzene rings is 2. The van der Waals surface area contributed by atoms with E-state index in [0.29, 0.717) is 0 Å². The largest absolute Gasteiger partial charge is 0.497 e. The predicted molar refractivity (Wildman–Crippen MR) is 70.7 cm³/mol. The van der Waals surface area contributed by atoms with E-state index in [2.05, 4.69) is 34.2 Å². The lowest BCUT2D eigenvalue weighted by atomic mass is 10.1. The molecule has 1 heterocycles. The molecule has 0 bridgehead atoms. The molecule has 3 rings (SSSR count). The van der Waals surface area contributed by atoms with Crippen molar-refractivity contribution in [2.75, 3.05) is 7.11 Å². The molecule has 1 aromatic heterocycles. The molecule has 0 radical (unpaired) electrons. The van der Waals surface area contributed by atoms with Gasteiger partial charge in [-0.1, -0.05) is 24.3 Å². The van der Waals surface area contributed by atoms with Crippen molar-refractivity contribution in [3.63, 3.8) is 0 Å². The molecule has 2 N–H and O–H groups in total. The van der Waals surface area contributed by atoms with Gasteiger partial charge in [-0.25, -0.2) is 9.97 Å². The van der Waals surface area contributed by atoms with Crippen molar-refractivity contribution in [1.82, 2.24) is 4.98 Å². The Balaban J connectivity index is 1.86. The molecule has 3 nitrogen and oxygen atoms in total. The zero-order valence-electron chi connectivity index (χ0n) is 10.2. The number of aromatic amines is 2. The fourth-order valence-corrected chi connectivity index (χ4v) is 2.09. The van der Waals surface area contributed by atoms with Gasteiger partial charge < -0.3 is 4.74 Å². The van der Waals surface area contributed by atoms with Gasteiger partial charge in [0.05, 0.1) is 13.5 Å². The van der Waals surface area contributed by atoms with Crippen molar-refractivity contribution in [1.29, 1.82) is 0 Å². The highest BCUT2D eigenvalue weighted by molar-refractivity contribution is 5.70. The quantitative estimate of drug-likeness (QED) is 0.749. The second kappa shape index (κ2) is 4.53. The Morgan fingerprint density at radius 3 is 2.56 bits per heavy atom. The molecule has 0 spiro atoms. The lowest BCUT2D eigenvalue weighted by Gasteiger charge is -1.99. The lowest BCUT2D eigenvalue weighted by Crippen LogP contribution is -2.07. The van der Waals surface area contributed by atoms with Gasteiger partial charge in [0.2, 0.25) is 0 Å². The Morgan fingerprint density at radius 2 is 1.83 bits per heavy atom. The van der Waals surface area contributed by atoms with Gasteiger partial charge in [-0.15, -0.1) is 0 Å². The van der Waals surface area contributed by atoms with Gasteiger partial charge in [-0.2, -0.15) is 0 Å². The summed E-state index contributed by atoms with van der Waals surface area (Å²) in [7, 11) is 1.68. The highest BCUT2D eigenvalue weighted by atomic mass is 16.5. The third-order valence-corrected chi connectivity index (χ3v) is 3.04. The third kappa shape index (κ3) is 2.07. The molecule has 0 aliphatic carbocycles. The maximum absolute atomic E-state index is 5.15. The molecule has 0 fully saturated rings. The van der Waals surface area contributed by atoms with Crippen LogP contribution in [-0.4, -0.2) is 12.1 Å². The van der Waals surface area contributed by atoms with E-state index in [1.807, 2.05) is 24.3 Å². The standard InChI is InChI=1S/C15H14N2O/c1-18-12-8-6-11(7-9-12)10-15-16-13-4-2-3-5-14(13)17-15/h2-9H,10H2,1H3,(H,16,17)/p+1. The Kier molecular flexibility index (Phi) is 2.73. The Labute approximate surface area is 105 Å². The number of nitrogens with one attached hydrogen (secondary N) is 2. The Bertz CT molecular complexity index is 623. The van der Waals surface area contributed by atoms with Gasteiger partial charge >= 0.3 is 0 Å². The minimum atomic E-state index is 0.860. The average Bonchev–Trinajstić information content (AvgIpc) is 2.82. The average molecular weight is 239 g/mol. The molecule has 0 saturated carbocycles. The van der Waals surface area contributed by atoms with E-state index in [1.165, 1.54) is 5.56 Å². The lowest BCUT2D eigenvalue weighted by molar-refractivity contribution is -0.356. The molecule has 0 unspecified atom stereocenters. The number of aromatic nitrogens is 2. The van der Waals surface area contributed by atoms with Crippen LogP contribution in [0.1, 0.15) is 11.4 Å². The van der Waals surface area contributed by atoms with Crippen molar-refractivity contribution >= 4 is 11.0 Å². The van der Waals surface area contributed by atoms with Crippen LogP contribution in [0.5, 0.6) is 5.75 Å².